The summed E-state index contributed by atoms with van der Waals surface area (Å²) in [4.78, 5) is 18.1. The van der Waals surface area contributed by atoms with Gasteiger partial charge in [-0.1, -0.05) is 61.3 Å². The molecule has 1 unspecified atom stereocenters. The largest absolute Gasteiger partial charge is 0.508 e. The second-order valence-corrected chi connectivity index (χ2v) is 12.0. The zero-order valence-corrected chi connectivity index (χ0v) is 23.3. The van der Waals surface area contributed by atoms with Crippen LogP contribution in [0.3, 0.4) is 0 Å². The van der Waals surface area contributed by atoms with Gasteiger partial charge in [0.15, 0.2) is 0 Å². The molecular formula is C30H38Cl2N2O3. The second-order valence-electron chi connectivity index (χ2n) is 11.1. The Labute approximate surface area is 230 Å². The van der Waals surface area contributed by atoms with Crippen LogP contribution in [-0.4, -0.2) is 64.2 Å². The summed E-state index contributed by atoms with van der Waals surface area (Å²) in [7, 11) is 0. The number of aromatic hydroxyl groups is 1. The molecule has 0 spiro atoms. The van der Waals surface area contributed by atoms with E-state index in [2.05, 4.69) is 31.4 Å². The molecule has 37 heavy (non-hydrogen) atoms. The fraction of sp³-hybridized carbons (Fsp3) is 0.500. The minimum absolute atomic E-state index is 0.00493. The normalized spacial score (nSPS) is 26.1. The fourth-order valence-corrected chi connectivity index (χ4v) is 6.75. The molecule has 200 valence electrons. The number of carbonyl (C=O) groups excluding carboxylic acids is 1. The average molecular weight is 546 g/mol. The summed E-state index contributed by atoms with van der Waals surface area (Å²) >= 11 is 12.3. The van der Waals surface area contributed by atoms with E-state index in [1.54, 1.807) is 18.2 Å². The zero-order valence-electron chi connectivity index (χ0n) is 21.7. The molecule has 4 rings (SSSR count). The Balaban J connectivity index is 1.67. The molecular weight excluding hydrogens is 507 g/mol. The summed E-state index contributed by atoms with van der Waals surface area (Å²) in [5, 5.41) is 22.8. The van der Waals surface area contributed by atoms with Crippen LogP contribution >= 0.6 is 23.2 Å². The Morgan fingerprint density at radius 3 is 2.70 bits per heavy atom. The number of rotatable bonds is 8. The van der Waals surface area contributed by atoms with Gasteiger partial charge in [-0.2, -0.15) is 0 Å². The molecule has 1 saturated heterocycles. The van der Waals surface area contributed by atoms with Crippen molar-refractivity contribution in [1.82, 2.24) is 9.80 Å². The van der Waals surface area contributed by atoms with Crippen LogP contribution in [0.15, 0.2) is 55.1 Å². The van der Waals surface area contributed by atoms with Crippen molar-refractivity contribution in [2.75, 3.05) is 26.2 Å². The highest BCUT2D eigenvalue weighted by atomic mass is 35.5. The molecule has 1 saturated carbocycles. The summed E-state index contributed by atoms with van der Waals surface area (Å²) in [6, 6.07) is 12.7. The van der Waals surface area contributed by atoms with E-state index in [0.717, 1.165) is 43.6 Å². The van der Waals surface area contributed by atoms with Crippen LogP contribution in [0.2, 0.25) is 10.0 Å². The van der Waals surface area contributed by atoms with Gasteiger partial charge >= 0.3 is 0 Å². The van der Waals surface area contributed by atoms with Gasteiger partial charge in [-0.25, -0.2) is 0 Å². The number of piperidine rings is 1. The molecule has 2 aliphatic rings. The molecule has 0 radical (unpaired) electrons. The molecule has 1 heterocycles. The first-order chi connectivity index (χ1) is 17.6. The van der Waals surface area contributed by atoms with Crippen molar-refractivity contribution in [3.05, 3.63) is 76.3 Å². The first-order valence-electron chi connectivity index (χ1n) is 13.2. The van der Waals surface area contributed by atoms with Crippen LogP contribution in [0, 0.1) is 11.8 Å². The van der Waals surface area contributed by atoms with Crippen LogP contribution in [-0.2, 0) is 16.6 Å². The van der Waals surface area contributed by atoms with Gasteiger partial charge in [0.2, 0.25) is 5.91 Å². The monoisotopic (exact) mass is 544 g/mol. The molecule has 7 heteroatoms. The number of aliphatic hydroxyl groups excluding tert-OH is 1. The van der Waals surface area contributed by atoms with Gasteiger partial charge in [-0.05, 0) is 67.1 Å². The Kier molecular flexibility index (Phi) is 8.90. The van der Waals surface area contributed by atoms with E-state index in [1.165, 1.54) is 0 Å². The lowest BCUT2D eigenvalue weighted by atomic mass is 9.56. The van der Waals surface area contributed by atoms with Crippen LogP contribution in [0.5, 0.6) is 5.75 Å². The molecule has 2 aromatic carbocycles. The van der Waals surface area contributed by atoms with Gasteiger partial charge in [0.1, 0.15) is 5.75 Å². The third kappa shape index (κ3) is 6.17. The summed E-state index contributed by atoms with van der Waals surface area (Å²) in [5.41, 5.74) is 1.53. The first kappa shape index (κ1) is 28.0. The van der Waals surface area contributed by atoms with E-state index in [0.29, 0.717) is 23.0 Å². The van der Waals surface area contributed by atoms with Gasteiger partial charge < -0.3 is 15.1 Å². The van der Waals surface area contributed by atoms with E-state index in [-0.39, 0.29) is 41.4 Å². The minimum Gasteiger partial charge on any atom is -0.508 e. The predicted octanol–water partition coefficient (Wildman–Crippen LogP) is 5.70. The van der Waals surface area contributed by atoms with Gasteiger partial charge in [0.25, 0.3) is 0 Å². The number of carbonyl (C=O) groups is 1. The second kappa shape index (κ2) is 11.8. The van der Waals surface area contributed by atoms with Gasteiger partial charge in [0.05, 0.1) is 22.6 Å². The van der Waals surface area contributed by atoms with Crippen molar-refractivity contribution in [2.45, 2.75) is 57.1 Å². The fourth-order valence-electron chi connectivity index (χ4n) is 6.43. The predicted molar refractivity (Wildman–Crippen MR) is 150 cm³/mol. The number of aliphatic hydroxyl groups is 1. The molecule has 0 aromatic heterocycles. The molecule has 1 aliphatic heterocycles. The lowest BCUT2D eigenvalue weighted by Crippen LogP contribution is -2.61. The van der Waals surface area contributed by atoms with E-state index in [4.69, 9.17) is 23.2 Å². The summed E-state index contributed by atoms with van der Waals surface area (Å²) in [5.74, 6) is 0.535. The Morgan fingerprint density at radius 2 is 2.03 bits per heavy atom. The smallest absolute Gasteiger partial charge is 0.227 e. The van der Waals surface area contributed by atoms with Crippen LogP contribution < -0.4 is 0 Å². The highest BCUT2D eigenvalue weighted by molar-refractivity contribution is 6.42. The molecule has 2 fully saturated rings. The number of nitrogens with zero attached hydrogens (tertiary/aromatic N) is 2. The Hall–Kier alpha value is -2.05. The highest BCUT2D eigenvalue weighted by Crippen LogP contribution is 2.50. The molecule has 0 bridgehead atoms. The van der Waals surface area contributed by atoms with Gasteiger partial charge in [-0.3, -0.25) is 9.69 Å². The lowest BCUT2D eigenvalue weighted by Gasteiger charge is -2.56. The topological polar surface area (TPSA) is 64.0 Å². The van der Waals surface area contributed by atoms with Crippen molar-refractivity contribution in [3.63, 3.8) is 0 Å². The van der Waals surface area contributed by atoms with Crippen molar-refractivity contribution in [2.24, 2.45) is 11.8 Å². The van der Waals surface area contributed by atoms with Gasteiger partial charge in [-0.15, -0.1) is 6.58 Å². The van der Waals surface area contributed by atoms with E-state index < -0.39 is 6.10 Å². The van der Waals surface area contributed by atoms with E-state index in [9.17, 15) is 15.0 Å². The number of fused-ring (bicyclic) bond motifs is 1. The standard InChI is InChI=1S/C30H38Cl2N2O3/c1-4-11-33-12-10-30(22-6-5-7-24(35)15-22)17-23(16-28(36)25(30)19-33)34(18-20(2)3)29(37)14-21-8-9-26(31)27(32)13-21/h4-9,13,15,20,23,25,28,35-36H,1,10-12,14,16-19H2,2-3H3/t23-,25-,28?,30-/m0/s1. The molecule has 2 aromatic rings. The lowest BCUT2D eigenvalue weighted by molar-refractivity contribution is -0.138. The number of hydrogen-bond donors (Lipinski definition) is 2. The maximum Gasteiger partial charge on any atom is 0.227 e. The number of hydrogen-bond acceptors (Lipinski definition) is 4. The number of phenols is 1. The van der Waals surface area contributed by atoms with E-state index >= 15 is 0 Å². The summed E-state index contributed by atoms with van der Waals surface area (Å²) in [6.07, 6.45) is 3.70. The SMILES string of the molecule is C=CCN1CC[C@@]2(c3cccc(O)c3)C[C@@H](N(CC(C)C)C(=O)Cc3ccc(Cl)c(Cl)c3)CC(O)[C@@H]2C1. The molecule has 5 nitrogen and oxygen atoms in total. The zero-order chi connectivity index (χ0) is 26.7. The van der Waals surface area contributed by atoms with Crippen LogP contribution in [0.4, 0.5) is 0 Å². The minimum atomic E-state index is -0.568. The highest BCUT2D eigenvalue weighted by Gasteiger charge is 2.53. The van der Waals surface area contributed by atoms with E-state index in [1.807, 2.05) is 29.2 Å². The molecule has 1 aliphatic carbocycles. The third-order valence-electron chi connectivity index (χ3n) is 8.09. The van der Waals surface area contributed by atoms with Crippen molar-refractivity contribution < 1.29 is 15.0 Å². The number of halogens is 2. The van der Waals surface area contributed by atoms with Gasteiger partial charge in [0, 0.05) is 37.0 Å². The van der Waals surface area contributed by atoms with Crippen molar-refractivity contribution in [1.29, 1.82) is 0 Å². The number of phenolic OH excluding ortho intramolecular Hbond substituents is 1. The average Bonchev–Trinajstić information content (AvgIpc) is 2.85. The number of likely N-dealkylation sites (tertiary alicyclic amines) is 1. The van der Waals surface area contributed by atoms with Crippen molar-refractivity contribution in [3.8, 4) is 5.75 Å². The number of amides is 1. The van der Waals surface area contributed by atoms with Crippen molar-refractivity contribution >= 4 is 29.1 Å². The molecule has 4 atom stereocenters. The Morgan fingerprint density at radius 1 is 1.24 bits per heavy atom. The van der Waals surface area contributed by atoms with Crippen LogP contribution in [0.1, 0.15) is 44.2 Å². The number of benzene rings is 2. The third-order valence-corrected chi connectivity index (χ3v) is 8.83. The summed E-state index contributed by atoms with van der Waals surface area (Å²) < 4.78 is 0. The maximum absolute atomic E-state index is 13.8. The molecule has 2 N–H and O–H groups in total. The first-order valence-corrected chi connectivity index (χ1v) is 13.9. The molecule has 1 amide bonds. The summed E-state index contributed by atoms with van der Waals surface area (Å²) in [6.45, 7) is 11.1. The Bertz CT molecular complexity index is 1120. The maximum atomic E-state index is 13.8. The quantitative estimate of drug-likeness (QED) is 0.418. The van der Waals surface area contributed by atoms with Crippen LogP contribution in [0.25, 0.3) is 0 Å².